The van der Waals surface area contributed by atoms with Crippen molar-refractivity contribution in [1.29, 1.82) is 0 Å². The number of rotatable bonds is 9. The molecule has 140 valence electrons. The topological polar surface area (TPSA) is 46.6 Å². The van der Waals surface area contributed by atoms with Crippen molar-refractivity contribution in [1.82, 2.24) is 4.90 Å². The van der Waals surface area contributed by atoms with E-state index in [4.69, 9.17) is 4.74 Å². The molecule has 1 aromatic rings. The summed E-state index contributed by atoms with van der Waals surface area (Å²) in [5.74, 6) is -0.630. The summed E-state index contributed by atoms with van der Waals surface area (Å²) < 4.78 is 19.1. The molecule has 0 radical (unpaired) electrons. The molecule has 1 aliphatic rings. The second-order valence-corrected chi connectivity index (χ2v) is 6.90. The van der Waals surface area contributed by atoms with Crippen molar-refractivity contribution in [2.75, 3.05) is 13.7 Å². The van der Waals surface area contributed by atoms with E-state index in [0.29, 0.717) is 12.8 Å². The van der Waals surface area contributed by atoms with Crippen LogP contribution in [0.5, 0.6) is 0 Å². The molecule has 1 unspecified atom stereocenters. The number of nitrogens with zero attached hydrogens (tertiary/aromatic N) is 1. The highest BCUT2D eigenvalue weighted by Gasteiger charge is 2.34. The third kappa shape index (κ3) is 5.19. The van der Waals surface area contributed by atoms with Gasteiger partial charge in [0, 0.05) is 12.0 Å². The van der Waals surface area contributed by atoms with Gasteiger partial charge in [-0.3, -0.25) is 9.69 Å². The molecule has 0 aliphatic heterocycles. The monoisotopic (exact) mass is 359 g/mol. The van der Waals surface area contributed by atoms with Gasteiger partial charge < -0.3 is 9.53 Å². The van der Waals surface area contributed by atoms with Gasteiger partial charge >= 0.3 is 0 Å². The minimum absolute atomic E-state index is 0.0790. The molecule has 1 aromatic carbocycles. The molecular formula is C21H26FNO3. The first-order valence-electron chi connectivity index (χ1n) is 8.85. The lowest BCUT2D eigenvalue weighted by Gasteiger charge is -2.41. The van der Waals surface area contributed by atoms with Crippen LogP contribution in [0.25, 0.3) is 0 Å². The molecule has 4 nitrogen and oxygen atoms in total. The summed E-state index contributed by atoms with van der Waals surface area (Å²) in [6.07, 6.45) is 8.64. The molecular weight excluding hydrogens is 333 g/mol. The number of hydrogen-bond donors (Lipinski definition) is 0. The Morgan fingerprint density at radius 1 is 1.19 bits per heavy atom. The zero-order valence-corrected chi connectivity index (χ0v) is 15.5. The van der Waals surface area contributed by atoms with Crippen LogP contribution in [0.2, 0.25) is 0 Å². The van der Waals surface area contributed by atoms with Crippen LogP contribution >= 0.6 is 0 Å². The fraction of sp³-hybridized carbons (Fsp3) is 0.429. The molecule has 0 aromatic heterocycles. The van der Waals surface area contributed by atoms with Crippen molar-refractivity contribution in [2.24, 2.45) is 5.92 Å². The predicted molar refractivity (Wildman–Crippen MR) is 99.1 cm³/mol. The molecule has 0 heterocycles. The van der Waals surface area contributed by atoms with E-state index in [-0.39, 0.29) is 30.2 Å². The van der Waals surface area contributed by atoms with Crippen molar-refractivity contribution in [2.45, 2.75) is 38.5 Å². The van der Waals surface area contributed by atoms with E-state index in [1.807, 2.05) is 25.8 Å². The highest BCUT2D eigenvalue weighted by Crippen LogP contribution is 2.26. The Morgan fingerprint density at radius 3 is 2.35 bits per heavy atom. The Kier molecular flexibility index (Phi) is 7.00. The first kappa shape index (κ1) is 20.2. The maximum absolute atomic E-state index is 13.0. The van der Waals surface area contributed by atoms with Crippen LogP contribution in [-0.4, -0.2) is 42.4 Å². The van der Waals surface area contributed by atoms with Gasteiger partial charge in [0.05, 0.1) is 6.61 Å². The van der Waals surface area contributed by atoms with Crippen molar-refractivity contribution in [3.8, 4) is 0 Å². The molecule has 0 amide bonds. The van der Waals surface area contributed by atoms with Crippen LogP contribution in [0.15, 0.2) is 48.6 Å². The molecule has 2 rings (SSSR count). The fourth-order valence-corrected chi connectivity index (χ4v) is 2.79. The van der Waals surface area contributed by atoms with Crippen LogP contribution < -0.4 is 0 Å². The summed E-state index contributed by atoms with van der Waals surface area (Å²) in [5, 5.41) is 0. The summed E-state index contributed by atoms with van der Waals surface area (Å²) in [5.41, 5.74) is 0.148. The molecule has 0 saturated carbocycles. The Morgan fingerprint density at radius 2 is 1.81 bits per heavy atom. The lowest BCUT2D eigenvalue weighted by Crippen LogP contribution is -2.50. The lowest BCUT2D eigenvalue weighted by atomic mass is 10.00. The van der Waals surface area contributed by atoms with Crippen LogP contribution in [-0.2, 0) is 20.7 Å². The van der Waals surface area contributed by atoms with E-state index in [9.17, 15) is 14.0 Å². The summed E-state index contributed by atoms with van der Waals surface area (Å²) in [7, 11) is 1.92. The number of ketones is 1. The quantitative estimate of drug-likeness (QED) is 0.501. The molecule has 5 heteroatoms. The summed E-state index contributed by atoms with van der Waals surface area (Å²) in [6, 6.07) is 6.48. The van der Waals surface area contributed by atoms with E-state index in [0.717, 1.165) is 11.8 Å². The normalized spacial score (nSPS) is 17.1. The van der Waals surface area contributed by atoms with Gasteiger partial charge in [-0.1, -0.05) is 12.1 Å². The van der Waals surface area contributed by atoms with Gasteiger partial charge in [0.2, 0.25) is 0 Å². The van der Waals surface area contributed by atoms with E-state index < -0.39 is 5.72 Å². The van der Waals surface area contributed by atoms with E-state index in [1.54, 1.807) is 24.3 Å². The van der Waals surface area contributed by atoms with Crippen molar-refractivity contribution >= 4 is 12.1 Å². The minimum Gasteiger partial charge on any atom is -0.352 e. The summed E-state index contributed by atoms with van der Waals surface area (Å²) in [6.45, 7) is 4.31. The maximum Gasteiger partial charge on any atom is 0.178 e. The standard InChI is InChI=1S/C21H26FNO3/c1-16(2)23(3)21(12-10-20(25)11-13-21)26-15-18(14-24)5-4-17-6-8-19(22)9-7-17/h6-14,16,18H,4-5,15H2,1-3H3. The van der Waals surface area contributed by atoms with Gasteiger partial charge in [0.1, 0.15) is 12.1 Å². The zero-order chi connectivity index (χ0) is 19.2. The number of likely N-dealkylation sites (N-methyl/N-ethyl adjacent to an activating group) is 1. The number of carbonyl (C=O) groups is 2. The lowest BCUT2D eigenvalue weighted by molar-refractivity contribution is -0.124. The zero-order valence-electron chi connectivity index (χ0n) is 15.5. The molecule has 1 aliphatic carbocycles. The second-order valence-electron chi connectivity index (χ2n) is 6.90. The Labute approximate surface area is 154 Å². The minimum atomic E-state index is -0.834. The second kappa shape index (κ2) is 9.01. The van der Waals surface area contributed by atoms with Crippen LogP contribution in [0.1, 0.15) is 25.8 Å². The Bertz CT molecular complexity index is 663. The van der Waals surface area contributed by atoms with Crippen LogP contribution in [0.4, 0.5) is 4.39 Å². The average Bonchev–Trinajstić information content (AvgIpc) is 2.64. The SMILES string of the molecule is CC(C)N(C)C1(OCC(C=O)CCc2ccc(F)cc2)C=CC(=O)C=C1. The fourth-order valence-electron chi connectivity index (χ4n) is 2.79. The van der Waals surface area contributed by atoms with Gasteiger partial charge in [0.25, 0.3) is 0 Å². The van der Waals surface area contributed by atoms with Gasteiger partial charge in [-0.15, -0.1) is 0 Å². The third-order valence-corrected chi connectivity index (χ3v) is 4.74. The molecule has 0 fully saturated rings. The highest BCUT2D eigenvalue weighted by molar-refractivity contribution is 6.00. The molecule has 0 saturated heterocycles. The number of halogens is 1. The number of aldehydes is 1. The third-order valence-electron chi connectivity index (χ3n) is 4.74. The molecule has 26 heavy (non-hydrogen) atoms. The summed E-state index contributed by atoms with van der Waals surface area (Å²) in [4.78, 5) is 25.0. The number of aryl methyl sites for hydroxylation is 1. The van der Waals surface area contributed by atoms with E-state index in [1.165, 1.54) is 24.3 Å². The van der Waals surface area contributed by atoms with Crippen molar-refractivity contribution in [3.63, 3.8) is 0 Å². The van der Waals surface area contributed by atoms with Gasteiger partial charge in [-0.25, -0.2) is 4.39 Å². The van der Waals surface area contributed by atoms with Gasteiger partial charge in [-0.05, 0) is 75.7 Å². The first-order valence-corrected chi connectivity index (χ1v) is 8.85. The highest BCUT2D eigenvalue weighted by atomic mass is 19.1. The number of carbonyl (C=O) groups excluding carboxylic acids is 2. The first-order chi connectivity index (χ1) is 12.4. The molecule has 0 spiro atoms. The van der Waals surface area contributed by atoms with Crippen molar-refractivity contribution in [3.05, 3.63) is 60.0 Å². The summed E-state index contributed by atoms with van der Waals surface area (Å²) >= 11 is 0. The van der Waals surface area contributed by atoms with Crippen molar-refractivity contribution < 1.29 is 18.7 Å². The number of allylic oxidation sites excluding steroid dienone is 2. The number of hydrogen-bond acceptors (Lipinski definition) is 4. The van der Waals surface area contributed by atoms with Crippen LogP contribution in [0.3, 0.4) is 0 Å². The van der Waals surface area contributed by atoms with E-state index in [2.05, 4.69) is 0 Å². The Hall–Kier alpha value is -2.11. The molecule has 0 bridgehead atoms. The van der Waals surface area contributed by atoms with Gasteiger partial charge in [0.15, 0.2) is 11.5 Å². The van der Waals surface area contributed by atoms with Crippen LogP contribution in [0, 0.1) is 11.7 Å². The smallest absolute Gasteiger partial charge is 0.178 e. The number of benzene rings is 1. The molecule has 1 atom stereocenters. The average molecular weight is 359 g/mol. The Balaban J connectivity index is 2.00. The maximum atomic E-state index is 13.0. The molecule has 0 N–H and O–H groups in total. The number of ether oxygens (including phenoxy) is 1. The predicted octanol–water partition coefficient (Wildman–Crippen LogP) is 3.32. The van der Waals surface area contributed by atoms with Gasteiger partial charge in [-0.2, -0.15) is 0 Å². The van der Waals surface area contributed by atoms with E-state index >= 15 is 0 Å². The largest absolute Gasteiger partial charge is 0.352 e.